The number of halogens is 1. The molecule has 0 aromatic heterocycles. The summed E-state index contributed by atoms with van der Waals surface area (Å²) in [7, 11) is 0. The molecule has 1 saturated carbocycles. The zero-order chi connectivity index (χ0) is 7.56. The summed E-state index contributed by atoms with van der Waals surface area (Å²) in [5.41, 5.74) is 5.54. The highest BCUT2D eigenvalue weighted by molar-refractivity contribution is 5.71. The molecular weight excluding hydrogens is 133 g/mol. The topological polar surface area (TPSA) is 43.1 Å². The molecule has 0 aromatic rings. The Morgan fingerprint density at radius 2 is 2.20 bits per heavy atom. The van der Waals surface area contributed by atoms with Crippen LogP contribution in [0.5, 0.6) is 0 Å². The van der Waals surface area contributed by atoms with Gasteiger partial charge >= 0.3 is 6.04 Å². The van der Waals surface area contributed by atoms with Crippen molar-refractivity contribution < 1.29 is 9.18 Å². The van der Waals surface area contributed by atoms with Gasteiger partial charge in [-0.15, -0.1) is 0 Å². The van der Waals surface area contributed by atoms with Gasteiger partial charge in [-0.3, -0.25) is 4.79 Å². The molecule has 0 bridgehead atoms. The number of hydrogen-bond acceptors (Lipinski definition) is 2. The number of nitrogens with two attached hydrogens (primary N) is 1. The van der Waals surface area contributed by atoms with Crippen LogP contribution in [0.4, 0.5) is 4.39 Å². The van der Waals surface area contributed by atoms with E-state index in [1.807, 2.05) is 0 Å². The molecule has 2 unspecified atom stereocenters. The van der Waals surface area contributed by atoms with Crippen LogP contribution in [0.15, 0.2) is 0 Å². The third kappa shape index (κ3) is 1.77. The van der Waals surface area contributed by atoms with Crippen LogP contribution in [0.3, 0.4) is 0 Å². The lowest BCUT2D eigenvalue weighted by Crippen LogP contribution is -2.30. The van der Waals surface area contributed by atoms with Crippen LogP contribution in [-0.4, -0.2) is 12.1 Å². The van der Waals surface area contributed by atoms with Crippen LogP contribution in [0.2, 0.25) is 0 Å². The van der Waals surface area contributed by atoms with Crippen molar-refractivity contribution in [2.24, 2.45) is 11.7 Å². The van der Waals surface area contributed by atoms with Crippen molar-refractivity contribution in [1.82, 2.24) is 0 Å². The summed E-state index contributed by atoms with van der Waals surface area (Å²) in [5.74, 6) is -0.399. The summed E-state index contributed by atoms with van der Waals surface area (Å²) in [6.45, 7) is 0. The molecule has 0 radical (unpaired) electrons. The van der Waals surface area contributed by atoms with Crippen molar-refractivity contribution in [2.45, 2.75) is 31.7 Å². The van der Waals surface area contributed by atoms with Crippen LogP contribution in [0.25, 0.3) is 0 Å². The Labute approximate surface area is 59.6 Å². The minimum Gasteiger partial charge on any atom is -0.328 e. The van der Waals surface area contributed by atoms with Crippen LogP contribution in [-0.2, 0) is 4.79 Å². The molecule has 1 aliphatic carbocycles. The predicted octanol–water partition coefficient (Wildman–Crippen LogP) is 1.000. The zero-order valence-electron chi connectivity index (χ0n) is 5.85. The summed E-state index contributed by atoms with van der Waals surface area (Å²) < 4.78 is 12.1. The van der Waals surface area contributed by atoms with Gasteiger partial charge in [0.05, 0.1) is 5.92 Å². The molecule has 1 rings (SSSR count). The summed E-state index contributed by atoms with van der Waals surface area (Å²) in [6, 6.07) is -1.14. The Morgan fingerprint density at radius 1 is 1.50 bits per heavy atom. The van der Waals surface area contributed by atoms with Gasteiger partial charge in [-0.2, -0.15) is 4.39 Å². The maximum atomic E-state index is 12.1. The fourth-order valence-corrected chi connectivity index (χ4v) is 1.43. The first-order valence-corrected chi connectivity index (χ1v) is 3.65. The minimum absolute atomic E-state index is 0.0402. The quantitative estimate of drug-likeness (QED) is 0.559. The molecule has 0 aliphatic heterocycles. The molecule has 0 aromatic carbocycles. The second kappa shape index (κ2) is 3.10. The fraction of sp³-hybridized carbons (Fsp3) is 0.857. The van der Waals surface area contributed by atoms with Crippen LogP contribution < -0.4 is 5.73 Å². The molecule has 0 heterocycles. The molecule has 0 amide bonds. The van der Waals surface area contributed by atoms with Gasteiger partial charge in [0, 0.05) is 6.04 Å². The van der Waals surface area contributed by atoms with Gasteiger partial charge in [0.25, 0.3) is 0 Å². The molecule has 1 fully saturated rings. The maximum absolute atomic E-state index is 12.1. The molecule has 3 heteroatoms. The standard InChI is InChI=1S/C7H12FNO/c8-7(10)5-2-1-3-6(9)4-5/h5-6H,1-4,9H2. The van der Waals surface area contributed by atoms with E-state index >= 15 is 0 Å². The minimum atomic E-state index is -1.19. The van der Waals surface area contributed by atoms with E-state index in [0.717, 1.165) is 12.8 Å². The first-order valence-electron chi connectivity index (χ1n) is 3.65. The van der Waals surface area contributed by atoms with Crippen molar-refractivity contribution in [3.63, 3.8) is 0 Å². The third-order valence-electron chi connectivity index (χ3n) is 2.04. The van der Waals surface area contributed by atoms with E-state index in [1.54, 1.807) is 0 Å². The number of carbonyl (C=O) groups is 1. The zero-order valence-corrected chi connectivity index (χ0v) is 5.85. The van der Waals surface area contributed by atoms with Gasteiger partial charge in [-0.25, -0.2) is 0 Å². The van der Waals surface area contributed by atoms with Crippen molar-refractivity contribution >= 4 is 6.04 Å². The lowest BCUT2D eigenvalue weighted by atomic mass is 9.87. The van der Waals surface area contributed by atoms with Crippen LogP contribution in [0.1, 0.15) is 25.7 Å². The molecule has 10 heavy (non-hydrogen) atoms. The number of rotatable bonds is 1. The summed E-state index contributed by atoms with van der Waals surface area (Å²) >= 11 is 0. The molecule has 1 aliphatic rings. The summed E-state index contributed by atoms with van der Waals surface area (Å²) in [6.07, 6.45) is 3.05. The smallest absolute Gasteiger partial charge is 0.304 e. The second-order valence-electron chi connectivity index (χ2n) is 2.93. The van der Waals surface area contributed by atoms with Gasteiger partial charge in [0.2, 0.25) is 0 Å². The molecule has 0 saturated heterocycles. The lowest BCUT2D eigenvalue weighted by molar-refractivity contribution is -0.134. The summed E-state index contributed by atoms with van der Waals surface area (Å²) in [5, 5.41) is 0. The molecular formula is C7H12FNO. The van der Waals surface area contributed by atoms with Gasteiger partial charge in [0.1, 0.15) is 0 Å². The molecule has 0 spiro atoms. The SMILES string of the molecule is NC1CCCC(C(=O)F)C1. The van der Waals surface area contributed by atoms with Crippen molar-refractivity contribution in [2.75, 3.05) is 0 Å². The first kappa shape index (κ1) is 7.66. The van der Waals surface area contributed by atoms with Gasteiger partial charge in [-0.05, 0) is 19.3 Å². The Bertz CT molecular complexity index is 138. The second-order valence-corrected chi connectivity index (χ2v) is 2.93. The maximum Gasteiger partial charge on any atom is 0.304 e. The average molecular weight is 145 g/mol. The average Bonchev–Trinajstić information content (AvgIpc) is 1.88. The highest BCUT2D eigenvalue weighted by Gasteiger charge is 2.24. The van der Waals surface area contributed by atoms with E-state index in [4.69, 9.17) is 5.73 Å². The highest BCUT2D eigenvalue weighted by atomic mass is 19.1. The monoisotopic (exact) mass is 145 g/mol. The number of carbonyl (C=O) groups excluding carboxylic acids is 1. The Balaban J connectivity index is 2.39. The highest BCUT2D eigenvalue weighted by Crippen LogP contribution is 2.23. The predicted molar refractivity (Wildman–Crippen MR) is 36.0 cm³/mol. The molecule has 2 nitrogen and oxygen atoms in total. The Kier molecular flexibility index (Phi) is 2.38. The Hall–Kier alpha value is -0.440. The van der Waals surface area contributed by atoms with E-state index < -0.39 is 12.0 Å². The third-order valence-corrected chi connectivity index (χ3v) is 2.04. The van der Waals surface area contributed by atoms with E-state index in [0.29, 0.717) is 12.8 Å². The van der Waals surface area contributed by atoms with Crippen LogP contribution >= 0.6 is 0 Å². The fourth-order valence-electron chi connectivity index (χ4n) is 1.43. The van der Waals surface area contributed by atoms with Crippen LogP contribution in [0, 0.1) is 5.92 Å². The van der Waals surface area contributed by atoms with E-state index in [-0.39, 0.29) is 6.04 Å². The lowest BCUT2D eigenvalue weighted by Gasteiger charge is -2.22. The van der Waals surface area contributed by atoms with Crippen molar-refractivity contribution in [3.8, 4) is 0 Å². The van der Waals surface area contributed by atoms with Gasteiger partial charge in [-0.1, -0.05) is 6.42 Å². The molecule has 2 atom stereocenters. The Morgan fingerprint density at radius 3 is 2.60 bits per heavy atom. The first-order chi connectivity index (χ1) is 4.70. The van der Waals surface area contributed by atoms with Crippen molar-refractivity contribution in [1.29, 1.82) is 0 Å². The largest absolute Gasteiger partial charge is 0.328 e. The van der Waals surface area contributed by atoms with E-state index in [2.05, 4.69) is 0 Å². The molecule has 2 N–H and O–H groups in total. The summed E-state index contributed by atoms with van der Waals surface area (Å²) in [4.78, 5) is 10.2. The van der Waals surface area contributed by atoms with E-state index in [9.17, 15) is 9.18 Å². The number of hydrogen-bond donors (Lipinski definition) is 1. The van der Waals surface area contributed by atoms with E-state index in [1.165, 1.54) is 0 Å². The van der Waals surface area contributed by atoms with Gasteiger partial charge in [0.15, 0.2) is 0 Å². The normalized spacial score (nSPS) is 33.8. The van der Waals surface area contributed by atoms with Crippen molar-refractivity contribution in [3.05, 3.63) is 0 Å². The van der Waals surface area contributed by atoms with Gasteiger partial charge < -0.3 is 5.73 Å². The molecule has 58 valence electrons.